The standard InChI is InChI=1S/C14H23N3O4/c1-6-8(2)12(14(19)20)15-11(18)7-21-13-9(3)16-17(5)10(13)4/h8,12H,6-7H2,1-5H3,(H,15,18)(H,19,20)/t8-,12-/m0/s1. The van der Waals surface area contributed by atoms with Crippen LogP contribution in [0, 0.1) is 19.8 Å². The number of amides is 1. The molecule has 0 bridgehead atoms. The lowest BCUT2D eigenvalue weighted by Crippen LogP contribution is -2.46. The van der Waals surface area contributed by atoms with Gasteiger partial charge in [-0.25, -0.2) is 4.79 Å². The summed E-state index contributed by atoms with van der Waals surface area (Å²) in [4.78, 5) is 23.0. The summed E-state index contributed by atoms with van der Waals surface area (Å²) >= 11 is 0. The van der Waals surface area contributed by atoms with Gasteiger partial charge in [-0.1, -0.05) is 20.3 Å². The number of carboxylic acids is 1. The number of rotatable bonds is 7. The number of hydrogen-bond acceptors (Lipinski definition) is 4. The van der Waals surface area contributed by atoms with Gasteiger partial charge in [0.1, 0.15) is 11.7 Å². The van der Waals surface area contributed by atoms with Crippen molar-refractivity contribution in [2.75, 3.05) is 6.61 Å². The van der Waals surface area contributed by atoms with Crippen LogP contribution in [-0.4, -0.2) is 39.4 Å². The SMILES string of the molecule is CC[C@H](C)[C@H](NC(=O)COc1c(C)nn(C)c1C)C(=O)O. The molecule has 0 unspecified atom stereocenters. The van der Waals surface area contributed by atoms with Crippen LogP contribution in [0.3, 0.4) is 0 Å². The molecule has 2 N–H and O–H groups in total. The number of aliphatic carboxylic acids is 1. The quantitative estimate of drug-likeness (QED) is 0.784. The number of carbonyl (C=O) groups excluding carboxylic acids is 1. The van der Waals surface area contributed by atoms with Gasteiger partial charge in [-0.15, -0.1) is 0 Å². The summed E-state index contributed by atoms with van der Waals surface area (Å²) in [7, 11) is 1.79. The van der Waals surface area contributed by atoms with Gasteiger partial charge in [0.2, 0.25) is 0 Å². The highest BCUT2D eigenvalue weighted by Crippen LogP contribution is 2.21. The van der Waals surface area contributed by atoms with Gasteiger partial charge in [0, 0.05) is 7.05 Å². The molecule has 0 spiro atoms. The Morgan fingerprint density at radius 2 is 2.05 bits per heavy atom. The average molecular weight is 297 g/mol. The van der Waals surface area contributed by atoms with Crippen molar-refractivity contribution in [3.05, 3.63) is 11.4 Å². The first kappa shape index (κ1) is 17.0. The zero-order chi connectivity index (χ0) is 16.2. The minimum Gasteiger partial charge on any atom is -0.480 e. The lowest BCUT2D eigenvalue weighted by molar-refractivity contribution is -0.143. The molecule has 7 nitrogen and oxygen atoms in total. The first-order chi connectivity index (χ1) is 9.77. The van der Waals surface area contributed by atoms with E-state index in [1.807, 2.05) is 13.8 Å². The number of nitrogens with one attached hydrogen (secondary N) is 1. The highest BCUT2D eigenvalue weighted by atomic mass is 16.5. The molecule has 0 aliphatic carbocycles. The molecule has 21 heavy (non-hydrogen) atoms. The fraction of sp³-hybridized carbons (Fsp3) is 0.643. The van der Waals surface area contributed by atoms with Gasteiger partial charge in [0.25, 0.3) is 5.91 Å². The van der Waals surface area contributed by atoms with E-state index in [1.165, 1.54) is 0 Å². The van der Waals surface area contributed by atoms with E-state index < -0.39 is 17.9 Å². The molecule has 0 radical (unpaired) electrons. The van der Waals surface area contributed by atoms with E-state index in [0.717, 1.165) is 5.69 Å². The Morgan fingerprint density at radius 1 is 1.43 bits per heavy atom. The Hall–Kier alpha value is -2.05. The summed E-state index contributed by atoms with van der Waals surface area (Å²) in [5, 5.41) is 15.8. The number of hydrogen-bond donors (Lipinski definition) is 2. The second-order valence-corrected chi connectivity index (χ2v) is 5.18. The third kappa shape index (κ3) is 4.21. The largest absolute Gasteiger partial charge is 0.480 e. The summed E-state index contributed by atoms with van der Waals surface area (Å²) in [5.74, 6) is -1.08. The zero-order valence-electron chi connectivity index (χ0n) is 13.1. The number of aryl methyl sites for hydroxylation is 2. The summed E-state index contributed by atoms with van der Waals surface area (Å²) in [6.07, 6.45) is 0.666. The van der Waals surface area contributed by atoms with Crippen molar-refractivity contribution in [3.63, 3.8) is 0 Å². The van der Waals surface area contributed by atoms with Crippen LogP contribution in [0.4, 0.5) is 0 Å². The molecule has 1 aromatic rings. The van der Waals surface area contributed by atoms with Gasteiger partial charge in [0.05, 0.1) is 5.69 Å². The number of carboxylic acid groups (broad SMARTS) is 1. The lowest BCUT2D eigenvalue weighted by atomic mass is 9.99. The molecule has 0 aromatic carbocycles. The van der Waals surface area contributed by atoms with Gasteiger partial charge < -0.3 is 15.2 Å². The third-order valence-corrected chi connectivity index (χ3v) is 3.59. The van der Waals surface area contributed by atoms with Crippen molar-refractivity contribution in [1.82, 2.24) is 15.1 Å². The van der Waals surface area contributed by atoms with E-state index in [0.29, 0.717) is 17.9 Å². The Morgan fingerprint density at radius 3 is 2.48 bits per heavy atom. The number of nitrogens with zero attached hydrogens (tertiary/aromatic N) is 2. The lowest BCUT2D eigenvalue weighted by Gasteiger charge is -2.20. The maximum absolute atomic E-state index is 11.9. The van der Waals surface area contributed by atoms with Crippen LogP contribution in [0.2, 0.25) is 0 Å². The van der Waals surface area contributed by atoms with Crippen LogP contribution in [0.1, 0.15) is 31.7 Å². The van der Waals surface area contributed by atoms with Crippen LogP contribution in [0.5, 0.6) is 5.75 Å². The predicted octanol–water partition coefficient (Wildman–Crippen LogP) is 1.03. The van der Waals surface area contributed by atoms with Crippen molar-refractivity contribution in [3.8, 4) is 5.75 Å². The molecule has 0 fully saturated rings. The minimum absolute atomic E-state index is 0.145. The molecule has 0 saturated heterocycles. The van der Waals surface area contributed by atoms with Gasteiger partial charge in [-0.05, 0) is 19.8 Å². The van der Waals surface area contributed by atoms with E-state index in [1.54, 1.807) is 25.6 Å². The Balaban J connectivity index is 2.63. The second kappa shape index (κ2) is 7.10. The molecular weight excluding hydrogens is 274 g/mol. The molecule has 0 aliphatic heterocycles. The van der Waals surface area contributed by atoms with E-state index in [-0.39, 0.29) is 12.5 Å². The summed E-state index contributed by atoms with van der Waals surface area (Å²) < 4.78 is 7.12. The minimum atomic E-state index is -1.04. The molecule has 7 heteroatoms. The van der Waals surface area contributed by atoms with Crippen molar-refractivity contribution in [1.29, 1.82) is 0 Å². The second-order valence-electron chi connectivity index (χ2n) is 5.18. The van der Waals surface area contributed by atoms with E-state index in [4.69, 9.17) is 9.84 Å². The van der Waals surface area contributed by atoms with Crippen molar-refractivity contribution in [2.45, 2.75) is 40.2 Å². The molecule has 1 amide bonds. The highest BCUT2D eigenvalue weighted by molar-refractivity contribution is 5.84. The summed E-state index contributed by atoms with van der Waals surface area (Å²) in [5.41, 5.74) is 1.51. The Kier molecular flexibility index (Phi) is 5.75. The van der Waals surface area contributed by atoms with Crippen molar-refractivity contribution >= 4 is 11.9 Å². The normalized spacial score (nSPS) is 13.6. The van der Waals surface area contributed by atoms with E-state index in [9.17, 15) is 9.59 Å². The van der Waals surface area contributed by atoms with Crippen molar-refractivity contribution in [2.24, 2.45) is 13.0 Å². The molecule has 1 aromatic heterocycles. The summed E-state index contributed by atoms with van der Waals surface area (Å²) in [6, 6.07) is -0.901. The Labute approximate surface area is 124 Å². The fourth-order valence-electron chi connectivity index (χ4n) is 2.00. The molecule has 0 saturated carbocycles. The van der Waals surface area contributed by atoms with Crippen LogP contribution in [0.15, 0.2) is 0 Å². The highest BCUT2D eigenvalue weighted by Gasteiger charge is 2.25. The number of aromatic nitrogens is 2. The monoisotopic (exact) mass is 297 g/mol. The first-order valence-corrected chi connectivity index (χ1v) is 6.93. The topological polar surface area (TPSA) is 93.5 Å². The van der Waals surface area contributed by atoms with Gasteiger partial charge >= 0.3 is 5.97 Å². The van der Waals surface area contributed by atoms with Crippen LogP contribution in [0.25, 0.3) is 0 Å². The third-order valence-electron chi connectivity index (χ3n) is 3.59. The number of ether oxygens (including phenoxy) is 1. The number of carbonyl (C=O) groups is 2. The van der Waals surface area contributed by atoms with Gasteiger partial charge in [0.15, 0.2) is 12.4 Å². The van der Waals surface area contributed by atoms with Crippen LogP contribution >= 0.6 is 0 Å². The van der Waals surface area contributed by atoms with Gasteiger partial charge in [-0.3, -0.25) is 9.48 Å². The first-order valence-electron chi connectivity index (χ1n) is 6.93. The molecule has 0 aliphatic rings. The molecule has 2 atom stereocenters. The smallest absolute Gasteiger partial charge is 0.326 e. The maximum atomic E-state index is 11.9. The van der Waals surface area contributed by atoms with E-state index in [2.05, 4.69) is 10.4 Å². The predicted molar refractivity (Wildman–Crippen MR) is 77.2 cm³/mol. The summed E-state index contributed by atoms with van der Waals surface area (Å²) in [6.45, 7) is 7.07. The molecule has 1 heterocycles. The zero-order valence-corrected chi connectivity index (χ0v) is 13.1. The Bertz CT molecular complexity index is 525. The van der Waals surface area contributed by atoms with Crippen LogP contribution < -0.4 is 10.1 Å². The molecule has 1 rings (SSSR count). The maximum Gasteiger partial charge on any atom is 0.326 e. The van der Waals surface area contributed by atoms with Crippen molar-refractivity contribution < 1.29 is 19.4 Å². The fourth-order valence-corrected chi connectivity index (χ4v) is 2.00. The van der Waals surface area contributed by atoms with E-state index >= 15 is 0 Å². The molecule has 118 valence electrons. The average Bonchev–Trinajstić information content (AvgIpc) is 2.66. The van der Waals surface area contributed by atoms with Gasteiger partial charge in [-0.2, -0.15) is 5.10 Å². The van der Waals surface area contributed by atoms with Crippen LogP contribution in [-0.2, 0) is 16.6 Å². The molecular formula is C14H23N3O4.